The van der Waals surface area contributed by atoms with E-state index < -0.39 is 0 Å². The molecule has 1 amide bonds. The van der Waals surface area contributed by atoms with E-state index in [-0.39, 0.29) is 11.3 Å². The van der Waals surface area contributed by atoms with Gasteiger partial charge in [0.05, 0.1) is 6.04 Å². The van der Waals surface area contributed by atoms with Crippen LogP contribution in [0.25, 0.3) is 0 Å². The van der Waals surface area contributed by atoms with Crippen LogP contribution in [0.3, 0.4) is 0 Å². The van der Waals surface area contributed by atoms with Crippen molar-refractivity contribution in [2.24, 2.45) is 10.7 Å². The Morgan fingerprint density at radius 1 is 1.04 bits per heavy atom. The molecule has 1 aliphatic heterocycles. The van der Waals surface area contributed by atoms with Crippen molar-refractivity contribution < 1.29 is 4.79 Å². The number of hydrogen-bond donors (Lipinski definition) is 1. The minimum absolute atomic E-state index is 0.114. The fraction of sp³-hybridized carbons (Fsp3) is 0.545. The van der Waals surface area contributed by atoms with Gasteiger partial charge in [0.15, 0.2) is 0 Å². The van der Waals surface area contributed by atoms with Crippen molar-refractivity contribution in [3.63, 3.8) is 0 Å². The summed E-state index contributed by atoms with van der Waals surface area (Å²) in [4.78, 5) is 13.8. The molecule has 1 aromatic carbocycles. The lowest BCUT2D eigenvalue weighted by Gasteiger charge is -2.32. The van der Waals surface area contributed by atoms with Crippen molar-refractivity contribution in [2.45, 2.75) is 80.2 Å². The Bertz CT molecular complexity index is 458. The summed E-state index contributed by atoms with van der Waals surface area (Å²) >= 11 is 0. The highest BCUT2D eigenvalue weighted by Gasteiger charge is 2.30. The Kier molecular flexibility index (Phi) is 20.6. The molecular weight excluding hydrogens is 308 g/mol. The van der Waals surface area contributed by atoms with Crippen molar-refractivity contribution in [2.75, 3.05) is 0 Å². The van der Waals surface area contributed by atoms with E-state index in [0.29, 0.717) is 6.04 Å². The Morgan fingerprint density at radius 2 is 1.48 bits per heavy atom. The summed E-state index contributed by atoms with van der Waals surface area (Å²) in [7, 11) is 0. The molecule has 3 heteroatoms. The molecule has 25 heavy (non-hydrogen) atoms. The molecule has 0 aromatic heterocycles. The predicted octanol–water partition coefficient (Wildman–Crippen LogP) is 5.93. The molecule has 1 heterocycles. The molecule has 144 valence electrons. The van der Waals surface area contributed by atoms with Gasteiger partial charge in [-0.1, -0.05) is 91.8 Å². The minimum Gasteiger partial charge on any atom is -0.370 e. The van der Waals surface area contributed by atoms with Gasteiger partial charge in [-0.2, -0.15) is 0 Å². The quantitative estimate of drug-likeness (QED) is 0.707. The number of primary amides is 1. The highest BCUT2D eigenvalue weighted by atomic mass is 16.1. The second-order valence-corrected chi connectivity index (χ2v) is 5.18. The van der Waals surface area contributed by atoms with Crippen LogP contribution in [0.15, 0.2) is 47.5 Å². The van der Waals surface area contributed by atoms with E-state index in [9.17, 15) is 4.79 Å². The lowest BCUT2D eigenvalue weighted by atomic mass is 9.76. The lowest BCUT2D eigenvalue weighted by Crippen LogP contribution is -2.32. The normalized spacial score (nSPS) is 14.0. The first-order valence-corrected chi connectivity index (χ1v) is 9.44. The number of nitrogens with two attached hydrogens (primary N) is 1. The molecule has 1 aromatic rings. The average molecular weight is 349 g/mol. The van der Waals surface area contributed by atoms with Crippen LogP contribution in [0.2, 0.25) is 0 Å². The first-order chi connectivity index (χ1) is 11.9. The number of allylic oxidation sites excluding steroid dienone is 1. The Balaban J connectivity index is -0.000000412. The zero-order valence-corrected chi connectivity index (χ0v) is 17.8. The van der Waals surface area contributed by atoms with Gasteiger partial charge < -0.3 is 5.73 Å². The zero-order chi connectivity index (χ0) is 20.3. The third-order valence-electron chi connectivity index (χ3n) is 3.20. The molecule has 1 aliphatic rings. The van der Waals surface area contributed by atoms with Gasteiger partial charge in [0.25, 0.3) is 0 Å². The second-order valence-electron chi connectivity index (χ2n) is 5.18. The molecule has 0 saturated heterocycles. The fourth-order valence-electron chi connectivity index (χ4n) is 2.02. The van der Waals surface area contributed by atoms with Crippen LogP contribution in [0, 0.1) is 0 Å². The van der Waals surface area contributed by atoms with E-state index in [1.165, 1.54) is 12.5 Å². The van der Waals surface area contributed by atoms with Crippen molar-refractivity contribution >= 4 is 12.1 Å². The third-order valence-corrected chi connectivity index (χ3v) is 3.20. The number of nitrogens with zero attached hydrogens (tertiary/aromatic N) is 1. The zero-order valence-electron chi connectivity index (χ0n) is 17.8. The van der Waals surface area contributed by atoms with Gasteiger partial charge in [0.1, 0.15) is 0 Å². The highest BCUT2D eigenvalue weighted by molar-refractivity contribution is 5.72. The van der Waals surface area contributed by atoms with Crippen LogP contribution in [0.5, 0.6) is 0 Å². The number of amides is 1. The second kappa shape index (κ2) is 18.4. The maximum Gasteiger partial charge on any atom is 0.214 e. The fourth-order valence-corrected chi connectivity index (χ4v) is 2.02. The predicted molar refractivity (Wildman–Crippen MR) is 114 cm³/mol. The molecule has 0 fully saturated rings. The molecule has 2 N–H and O–H groups in total. The van der Waals surface area contributed by atoms with Crippen molar-refractivity contribution in [3.8, 4) is 0 Å². The third kappa shape index (κ3) is 13.1. The van der Waals surface area contributed by atoms with Gasteiger partial charge in [0.2, 0.25) is 5.91 Å². The minimum atomic E-state index is -0.333. The van der Waals surface area contributed by atoms with Crippen LogP contribution in [-0.4, -0.2) is 18.2 Å². The number of dihydropyridines is 1. The maximum atomic E-state index is 9.22. The first kappa shape index (κ1) is 27.9. The van der Waals surface area contributed by atoms with Crippen molar-refractivity contribution in [3.05, 3.63) is 48.0 Å². The van der Waals surface area contributed by atoms with E-state index in [2.05, 4.69) is 61.0 Å². The van der Waals surface area contributed by atoms with Crippen LogP contribution in [0.1, 0.15) is 74.3 Å². The molecule has 0 bridgehead atoms. The van der Waals surface area contributed by atoms with E-state index in [1.807, 2.05) is 53.8 Å². The maximum absolute atomic E-state index is 9.22. The summed E-state index contributed by atoms with van der Waals surface area (Å²) in [6, 6.07) is 11.0. The SMILES string of the molecule is CC.CC.CC.CC(C)(c1ccccc1)C1CC=CC=N1.CC(N)=O. The van der Waals surface area contributed by atoms with E-state index in [4.69, 9.17) is 0 Å². The topological polar surface area (TPSA) is 55.4 Å². The molecule has 0 saturated carbocycles. The average Bonchev–Trinajstić information content (AvgIpc) is 2.67. The van der Waals surface area contributed by atoms with Gasteiger partial charge in [-0.25, -0.2) is 0 Å². The summed E-state index contributed by atoms with van der Waals surface area (Å²) in [6.07, 6.45) is 7.18. The van der Waals surface area contributed by atoms with Crippen LogP contribution >= 0.6 is 0 Å². The van der Waals surface area contributed by atoms with E-state index >= 15 is 0 Å². The molecule has 3 nitrogen and oxygen atoms in total. The number of aliphatic imine (C=N–C) groups is 1. The van der Waals surface area contributed by atoms with Gasteiger partial charge in [0, 0.05) is 18.6 Å². The summed E-state index contributed by atoms with van der Waals surface area (Å²) in [5, 5.41) is 0. The molecule has 1 atom stereocenters. The summed E-state index contributed by atoms with van der Waals surface area (Å²) in [6.45, 7) is 17.8. The Labute approximate surface area is 156 Å². The largest absolute Gasteiger partial charge is 0.370 e. The number of carbonyl (C=O) groups is 1. The van der Waals surface area contributed by atoms with E-state index in [0.717, 1.165) is 6.42 Å². The standard InChI is InChI=1S/C14H17N.C2H5NO.3C2H6/c1-14(2,12-8-4-3-5-9-12)13-10-6-7-11-15-13;1-2(3)4;3*1-2/h3-9,11,13H,10H2,1-2H3;1H3,(H2,3,4);3*1-2H3. The van der Waals surface area contributed by atoms with Gasteiger partial charge in [-0.15, -0.1) is 0 Å². The highest BCUT2D eigenvalue weighted by Crippen LogP contribution is 2.31. The number of benzene rings is 1. The van der Waals surface area contributed by atoms with Crippen LogP contribution < -0.4 is 5.73 Å². The van der Waals surface area contributed by atoms with E-state index in [1.54, 1.807) is 0 Å². The van der Waals surface area contributed by atoms with Crippen molar-refractivity contribution in [1.82, 2.24) is 0 Å². The van der Waals surface area contributed by atoms with Crippen LogP contribution in [-0.2, 0) is 10.2 Å². The molecule has 2 rings (SSSR count). The van der Waals surface area contributed by atoms with Gasteiger partial charge >= 0.3 is 0 Å². The van der Waals surface area contributed by atoms with Crippen LogP contribution in [0.4, 0.5) is 0 Å². The molecule has 0 spiro atoms. The van der Waals surface area contributed by atoms with Gasteiger partial charge in [-0.05, 0) is 18.1 Å². The summed E-state index contributed by atoms with van der Waals surface area (Å²) in [5.74, 6) is -0.333. The van der Waals surface area contributed by atoms with Gasteiger partial charge in [-0.3, -0.25) is 9.79 Å². The lowest BCUT2D eigenvalue weighted by molar-refractivity contribution is -0.115. The van der Waals surface area contributed by atoms with Crippen molar-refractivity contribution in [1.29, 1.82) is 0 Å². The molecule has 0 radical (unpaired) electrons. The molecular formula is C22H40N2O. The molecule has 1 unspecified atom stereocenters. The Hall–Kier alpha value is -1.90. The molecule has 0 aliphatic carbocycles. The Morgan fingerprint density at radius 3 is 1.84 bits per heavy atom. The number of hydrogen-bond acceptors (Lipinski definition) is 2. The summed E-state index contributed by atoms with van der Waals surface area (Å²) < 4.78 is 0. The first-order valence-electron chi connectivity index (χ1n) is 9.44. The summed E-state index contributed by atoms with van der Waals surface area (Å²) in [5.41, 5.74) is 5.95. The monoisotopic (exact) mass is 348 g/mol. The number of carbonyl (C=O) groups excluding carboxylic acids is 1. The smallest absolute Gasteiger partial charge is 0.214 e. The number of rotatable bonds is 2.